The molecule has 5 rings (SSSR count). The molecule has 7 atom stereocenters. The summed E-state index contributed by atoms with van der Waals surface area (Å²) in [5.41, 5.74) is -1.45. The van der Waals surface area contributed by atoms with Gasteiger partial charge in [0.05, 0.1) is 12.3 Å². The zero-order valence-electron chi connectivity index (χ0n) is 16.8. The fraction of sp³-hybridized carbons (Fsp3) is 0.900. The number of ether oxygens (including phenoxy) is 3. The van der Waals surface area contributed by atoms with E-state index in [0.717, 1.165) is 19.3 Å². The Labute approximate surface area is 159 Å². The molecular weight excluding hydrogens is 352 g/mol. The van der Waals surface area contributed by atoms with E-state index in [-0.39, 0.29) is 18.3 Å². The lowest BCUT2D eigenvalue weighted by Crippen LogP contribution is -2.70. The first kappa shape index (κ1) is 19.2. The summed E-state index contributed by atoms with van der Waals surface area (Å²) in [7, 11) is 0. The Bertz CT molecular complexity index is 641. The van der Waals surface area contributed by atoms with Gasteiger partial charge in [-0.05, 0) is 52.9 Å². The molecule has 0 aromatic heterocycles. The standard InChI is InChI=1S/C20H30O7/c1-11-6-7-14-12(10-15(21)24-18(2,3)4)16(22)23-17-20(14)13(11)8-9-19(5,25-17)26-27-20/h11-14,17H,6-10H2,1-5H3/t11-,12+,13+,14+,17-,19-,20-/m1/s1. The summed E-state index contributed by atoms with van der Waals surface area (Å²) in [4.78, 5) is 37.0. The van der Waals surface area contributed by atoms with Crippen LogP contribution < -0.4 is 0 Å². The van der Waals surface area contributed by atoms with E-state index in [9.17, 15) is 9.59 Å². The molecule has 4 aliphatic heterocycles. The Morgan fingerprint density at radius 1 is 1.19 bits per heavy atom. The van der Waals surface area contributed by atoms with E-state index in [1.54, 1.807) is 0 Å². The minimum absolute atomic E-state index is 0.0169. The minimum atomic E-state index is -0.907. The third-order valence-corrected chi connectivity index (χ3v) is 6.59. The SMILES string of the molecule is C[C@@H]1CC[C@H]2[C@H](CC(=O)OC(C)(C)C)C(=O)O[C@@H]3O[C@@]4(C)CC[C@@H]1[C@]32OO4. The molecule has 1 saturated carbocycles. The second kappa shape index (κ2) is 6.16. The molecule has 4 heterocycles. The van der Waals surface area contributed by atoms with Gasteiger partial charge < -0.3 is 14.2 Å². The molecule has 7 nitrogen and oxygen atoms in total. The highest BCUT2D eigenvalue weighted by molar-refractivity contribution is 5.81. The van der Waals surface area contributed by atoms with Gasteiger partial charge in [0, 0.05) is 18.3 Å². The molecule has 1 aliphatic carbocycles. The van der Waals surface area contributed by atoms with Crippen molar-refractivity contribution in [2.24, 2.45) is 23.7 Å². The van der Waals surface area contributed by atoms with Gasteiger partial charge in [-0.1, -0.05) is 6.92 Å². The number of carbonyl (C=O) groups is 2. The maximum atomic E-state index is 12.8. The lowest BCUT2D eigenvalue weighted by atomic mass is 9.57. The van der Waals surface area contributed by atoms with E-state index in [0.29, 0.717) is 12.3 Å². The largest absolute Gasteiger partial charge is 0.460 e. The van der Waals surface area contributed by atoms with Crippen LogP contribution in [0.4, 0.5) is 0 Å². The Morgan fingerprint density at radius 3 is 2.63 bits per heavy atom. The number of fused-ring (bicyclic) bond motifs is 2. The van der Waals surface area contributed by atoms with E-state index < -0.39 is 41.1 Å². The van der Waals surface area contributed by atoms with Crippen LogP contribution in [0.15, 0.2) is 0 Å². The molecular formula is C20H30O7. The Hall–Kier alpha value is -1.18. The lowest BCUT2D eigenvalue weighted by molar-refractivity contribution is -0.559. The van der Waals surface area contributed by atoms with E-state index in [1.165, 1.54) is 0 Å². The van der Waals surface area contributed by atoms with Crippen LogP contribution in [0.1, 0.15) is 66.7 Å². The van der Waals surface area contributed by atoms with Crippen LogP contribution in [0.3, 0.4) is 0 Å². The van der Waals surface area contributed by atoms with Gasteiger partial charge in [-0.2, -0.15) is 0 Å². The van der Waals surface area contributed by atoms with E-state index in [1.807, 2.05) is 27.7 Å². The molecule has 0 unspecified atom stereocenters. The molecule has 0 N–H and O–H groups in total. The lowest BCUT2D eigenvalue weighted by Gasteiger charge is -2.58. The van der Waals surface area contributed by atoms with Crippen molar-refractivity contribution in [2.75, 3.05) is 0 Å². The molecule has 0 radical (unpaired) electrons. The topological polar surface area (TPSA) is 80.3 Å². The number of carbonyl (C=O) groups excluding carboxylic acids is 2. The quantitative estimate of drug-likeness (QED) is 0.536. The second-order valence-electron chi connectivity index (χ2n) is 9.74. The maximum absolute atomic E-state index is 12.8. The maximum Gasteiger partial charge on any atom is 0.312 e. The number of esters is 2. The normalized spacial score (nSPS) is 46.3. The predicted molar refractivity (Wildman–Crippen MR) is 92.8 cm³/mol. The van der Waals surface area contributed by atoms with Gasteiger partial charge in [0.15, 0.2) is 5.60 Å². The summed E-state index contributed by atoms with van der Waals surface area (Å²) in [6.07, 6.45) is 2.49. The van der Waals surface area contributed by atoms with Crippen molar-refractivity contribution in [3.8, 4) is 0 Å². The molecule has 0 aromatic rings. The van der Waals surface area contributed by atoms with E-state index in [2.05, 4.69) is 6.92 Å². The first-order valence-corrected chi connectivity index (χ1v) is 10.0. The van der Waals surface area contributed by atoms with Crippen molar-refractivity contribution in [2.45, 2.75) is 90.0 Å². The van der Waals surface area contributed by atoms with Crippen molar-refractivity contribution in [3.05, 3.63) is 0 Å². The Kier molecular flexibility index (Phi) is 4.37. The van der Waals surface area contributed by atoms with Gasteiger partial charge in [0.25, 0.3) is 0 Å². The van der Waals surface area contributed by atoms with Crippen molar-refractivity contribution < 1.29 is 33.6 Å². The molecule has 1 spiro atoms. The monoisotopic (exact) mass is 382 g/mol. The molecule has 0 amide bonds. The third-order valence-electron chi connectivity index (χ3n) is 6.59. The van der Waals surface area contributed by atoms with Crippen molar-refractivity contribution in [1.29, 1.82) is 0 Å². The van der Waals surface area contributed by atoms with Gasteiger partial charge in [0.2, 0.25) is 12.1 Å². The van der Waals surface area contributed by atoms with Gasteiger partial charge in [-0.3, -0.25) is 9.59 Å². The Morgan fingerprint density at radius 2 is 1.93 bits per heavy atom. The zero-order valence-corrected chi connectivity index (χ0v) is 16.8. The average Bonchev–Trinajstić information content (AvgIpc) is 2.76. The highest BCUT2D eigenvalue weighted by Crippen LogP contribution is 2.60. The van der Waals surface area contributed by atoms with Crippen LogP contribution in [0, 0.1) is 23.7 Å². The molecule has 5 aliphatic rings. The van der Waals surface area contributed by atoms with E-state index >= 15 is 0 Å². The fourth-order valence-corrected chi connectivity index (χ4v) is 5.41. The zero-order chi connectivity index (χ0) is 19.6. The molecule has 5 fully saturated rings. The summed E-state index contributed by atoms with van der Waals surface area (Å²) in [5, 5.41) is 0. The number of hydrogen-bond acceptors (Lipinski definition) is 7. The van der Waals surface area contributed by atoms with Crippen LogP contribution in [-0.2, 0) is 33.6 Å². The van der Waals surface area contributed by atoms with Crippen LogP contribution in [0.2, 0.25) is 0 Å². The minimum Gasteiger partial charge on any atom is -0.460 e. The molecule has 27 heavy (non-hydrogen) atoms. The summed E-state index contributed by atoms with van der Waals surface area (Å²) in [6, 6.07) is 0. The molecule has 4 saturated heterocycles. The summed E-state index contributed by atoms with van der Waals surface area (Å²) < 4.78 is 17.2. The summed E-state index contributed by atoms with van der Waals surface area (Å²) in [6.45, 7) is 9.47. The predicted octanol–water partition coefficient (Wildman–Crippen LogP) is 3.11. The summed E-state index contributed by atoms with van der Waals surface area (Å²) in [5.74, 6) is -1.97. The summed E-state index contributed by atoms with van der Waals surface area (Å²) >= 11 is 0. The molecule has 7 heteroatoms. The van der Waals surface area contributed by atoms with Crippen LogP contribution in [0.25, 0.3) is 0 Å². The van der Waals surface area contributed by atoms with Crippen molar-refractivity contribution in [3.63, 3.8) is 0 Å². The first-order valence-electron chi connectivity index (χ1n) is 10.0. The second-order valence-corrected chi connectivity index (χ2v) is 9.74. The highest BCUT2D eigenvalue weighted by Gasteiger charge is 2.70. The van der Waals surface area contributed by atoms with Crippen LogP contribution >= 0.6 is 0 Å². The Balaban J connectivity index is 1.66. The van der Waals surface area contributed by atoms with E-state index in [4.69, 9.17) is 24.0 Å². The number of hydrogen-bond donors (Lipinski definition) is 0. The fourth-order valence-electron chi connectivity index (χ4n) is 5.41. The smallest absolute Gasteiger partial charge is 0.312 e. The van der Waals surface area contributed by atoms with Crippen LogP contribution in [0.5, 0.6) is 0 Å². The number of rotatable bonds is 2. The van der Waals surface area contributed by atoms with Gasteiger partial charge in [-0.25, -0.2) is 9.78 Å². The average molecular weight is 382 g/mol. The first-order chi connectivity index (χ1) is 12.5. The molecule has 152 valence electrons. The van der Waals surface area contributed by atoms with Crippen LogP contribution in [-0.4, -0.2) is 35.2 Å². The van der Waals surface area contributed by atoms with Crippen molar-refractivity contribution >= 4 is 11.9 Å². The highest BCUT2D eigenvalue weighted by atomic mass is 17.3. The molecule has 2 bridgehead atoms. The third kappa shape index (κ3) is 3.08. The van der Waals surface area contributed by atoms with Gasteiger partial charge >= 0.3 is 11.9 Å². The molecule has 0 aromatic carbocycles. The van der Waals surface area contributed by atoms with Gasteiger partial charge in [0.1, 0.15) is 5.60 Å². The van der Waals surface area contributed by atoms with Gasteiger partial charge in [-0.15, -0.1) is 0 Å². The van der Waals surface area contributed by atoms with Crippen molar-refractivity contribution in [1.82, 2.24) is 0 Å².